The van der Waals surface area contributed by atoms with Crippen LogP contribution >= 0.6 is 0 Å². The quantitative estimate of drug-likeness (QED) is 0.728. The van der Waals surface area contributed by atoms with Gasteiger partial charge in [0.2, 0.25) is 0 Å². The minimum absolute atomic E-state index is 0.147. The van der Waals surface area contributed by atoms with Gasteiger partial charge in [-0.05, 0) is 30.3 Å². The van der Waals surface area contributed by atoms with Crippen LogP contribution in [0.1, 0.15) is 31.2 Å². The number of amides is 2. The molecule has 3 aromatic rings. The molecule has 1 aliphatic rings. The summed E-state index contributed by atoms with van der Waals surface area (Å²) in [5.74, 6) is -3.08. The Kier molecular flexibility index (Phi) is 2.92. The zero-order valence-electron chi connectivity index (χ0n) is 11.9. The summed E-state index contributed by atoms with van der Waals surface area (Å²) >= 11 is 0. The molecule has 0 radical (unpaired) electrons. The molecule has 4 rings (SSSR count). The topological polar surface area (TPSA) is 92.4 Å². The Morgan fingerprint density at radius 3 is 2.42 bits per heavy atom. The maximum absolute atomic E-state index is 13.4. The fraction of sp³-hybridized carbons (Fsp3) is 0. The third-order valence-electron chi connectivity index (χ3n) is 3.65. The monoisotopic (exact) mass is 325 g/mol. The van der Waals surface area contributed by atoms with Gasteiger partial charge in [0, 0.05) is 5.39 Å². The Bertz CT molecular complexity index is 992. The SMILES string of the molecule is O=C(ON1C(=O)c2ccccc2C1=O)c1n[nH]c2ccc(F)cc12. The number of hydroxylamine groups is 2. The number of carbonyl (C=O) groups is 3. The van der Waals surface area contributed by atoms with Crippen molar-refractivity contribution in [1.82, 2.24) is 15.3 Å². The third-order valence-corrected chi connectivity index (χ3v) is 3.65. The van der Waals surface area contributed by atoms with E-state index in [1.165, 1.54) is 24.3 Å². The van der Waals surface area contributed by atoms with Crippen LogP contribution in [0.3, 0.4) is 0 Å². The molecule has 2 aromatic carbocycles. The molecule has 0 aliphatic carbocycles. The fourth-order valence-corrected chi connectivity index (χ4v) is 2.52. The molecule has 0 unspecified atom stereocenters. The van der Waals surface area contributed by atoms with E-state index in [4.69, 9.17) is 4.84 Å². The molecule has 0 atom stereocenters. The first-order valence-electron chi connectivity index (χ1n) is 6.90. The van der Waals surface area contributed by atoms with Gasteiger partial charge in [-0.2, -0.15) is 5.10 Å². The zero-order chi connectivity index (χ0) is 16.8. The van der Waals surface area contributed by atoms with E-state index in [9.17, 15) is 18.8 Å². The van der Waals surface area contributed by atoms with Crippen LogP contribution in [0.25, 0.3) is 10.9 Å². The molecule has 0 spiro atoms. The summed E-state index contributed by atoms with van der Waals surface area (Å²) < 4.78 is 13.4. The number of hydrogen-bond donors (Lipinski definition) is 1. The highest BCUT2D eigenvalue weighted by molar-refractivity contribution is 6.21. The van der Waals surface area contributed by atoms with Crippen LogP contribution in [0.15, 0.2) is 42.5 Å². The van der Waals surface area contributed by atoms with E-state index in [2.05, 4.69) is 10.2 Å². The first kappa shape index (κ1) is 14.1. The van der Waals surface area contributed by atoms with Crippen LogP contribution in [0.2, 0.25) is 0 Å². The minimum Gasteiger partial charge on any atom is -0.322 e. The van der Waals surface area contributed by atoms with E-state index in [1.807, 2.05) is 0 Å². The summed E-state index contributed by atoms with van der Waals surface area (Å²) in [6.45, 7) is 0. The van der Waals surface area contributed by atoms with Gasteiger partial charge in [0.25, 0.3) is 11.8 Å². The van der Waals surface area contributed by atoms with E-state index >= 15 is 0 Å². The maximum Gasteiger partial charge on any atom is 0.384 e. The molecule has 0 saturated carbocycles. The summed E-state index contributed by atoms with van der Waals surface area (Å²) in [5, 5.41) is 6.89. The lowest BCUT2D eigenvalue weighted by Gasteiger charge is -2.11. The van der Waals surface area contributed by atoms with Crippen LogP contribution in [0.5, 0.6) is 0 Å². The van der Waals surface area contributed by atoms with Gasteiger partial charge in [-0.15, -0.1) is 0 Å². The van der Waals surface area contributed by atoms with E-state index in [0.29, 0.717) is 10.6 Å². The molecule has 1 N–H and O–H groups in total. The number of imide groups is 1. The van der Waals surface area contributed by atoms with Crippen molar-refractivity contribution in [3.63, 3.8) is 0 Å². The van der Waals surface area contributed by atoms with E-state index in [1.54, 1.807) is 12.1 Å². The number of nitrogens with zero attached hydrogens (tertiary/aromatic N) is 2. The molecule has 0 bridgehead atoms. The van der Waals surface area contributed by atoms with Crippen molar-refractivity contribution in [2.45, 2.75) is 0 Å². The van der Waals surface area contributed by atoms with Gasteiger partial charge < -0.3 is 4.84 Å². The highest BCUT2D eigenvalue weighted by atomic mass is 19.1. The lowest BCUT2D eigenvalue weighted by atomic mass is 10.1. The number of hydrogen-bond acceptors (Lipinski definition) is 5. The van der Waals surface area contributed by atoms with Gasteiger partial charge in [0.15, 0.2) is 5.69 Å². The van der Waals surface area contributed by atoms with Gasteiger partial charge in [0.05, 0.1) is 16.6 Å². The first-order valence-corrected chi connectivity index (χ1v) is 6.90. The molecule has 1 aromatic heterocycles. The van der Waals surface area contributed by atoms with E-state index in [0.717, 1.165) is 6.07 Å². The van der Waals surface area contributed by atoms with Gasteiger partial charge in [-0.25, -0.2) is 9.18 Å². The molecular formula is C16H8FN3O4. The largest absolute Gasteiger partial charge is 0.384 e. The molecule has 1 aliphatic heterocycles. The maximum atomic E-state index is 13.4. The number of carbonyl (C=O) groups excluding carboxylic acids is 3. The number of fused-ring (bicyclic) bond motifs is 2. The van der Waals surface area contributed by atoms with Crippen molar-refractivity contribution in [2.75, 3.05) is 0 Å². The Balaban J connectivity index is 1.66. The van der Waals surface area contributed by atoms with Crippen molar-refractivity contribution in [3.05, 3.63) is 65.1 Å². The number of H-pyrrole nitrogens is 1. The Hall–Kier alpha value is -3.55. The van der Waals surface area contributed by atoms with Crippen LogP contribution < -0.4 is 0 Å². The van der Waals surface area contributed by atoms with Gasteiger partial charge in [-0.3, -0.25) is 14.7 Å². The number of rotatable bonds is 2. The van der Waals surface area contributed by atoms with Crippen molar-refractivity contribution in [3.8, 4) is 0 Å². The second-order valence-corrected chi connectivity index (χ2v) is 5.09. The number of halogens is 1. The predicted octanol–water partition coefficient (Wildman–Crippen LogP) is 2.07. The number of nitrogens with one attached hydrogen (secondary N) is 1. The molecule has 2 heterocycles. The van der Waals surface area contributed by atoms with E-state index < -0.39 is 23.6 Å². The van der Waals surface area contributed by atoms with Gasteiger partial charge in [-0.1, -0.05) is 17.2 Å². The number of aromatic nitrogens is 2. The minimum atomic E-state index is -1.04. The van der Waals surface area contributed by atoms with Crippen molar-refractivity contribution in [1.29, 1.82) is 0 Å². The molecular weight excluding hydrogens is 317 g/mol. The molecule has 0 fully saturated rings. The highest BCUT2D eigenvalue weighted by Crippen LogP contribution is 2.24. The van der Waals surface area contributed by atoms with Gasteiger partial charge in [0.1, 0.15) is 5.82 Å². The third kappa shape index (κ3) is 1.97. The van der Waals surface area contributed by atoms with E-state index in [-0.39, 0.29) is 22.2 Å². The summed E-state index contributed by atoms with van der Waals surface area (Å²) in [6, 6.07) is 9.85. The normalized spacial score (nSPS) is 13.5. The average molecular weight is 325 g/mol. The molecule has 0 saturated heterocycles. The van der Waals surface area contributed by atoms with Crippen molar-refractivity contribution >= 4 is 28.7 Å². The van der Waals surface area contributed by atoms with Crippen LogP contribution in [0, 0.1) is 5.82 Å². The lowest BCUT2D eigenvalue weighted by Crippen LogP contribution is -2.32. The van der Waals surface area contributed by atoms with Crippen molar-refractivity contribution in [2.24, 2.45) is 0 Å². The highest BCUT2D eigenvalue weighted by Gasteiger charge is 2.39. The smallest absolute Gasteiger partial charge is 0.322 e. The molecule has 2 amide bonds. The number of benzene rings is 2. The Morgan fingerprint density at radius 1 is 1.08 bits per heavy atom. The zero-order valence-corrected chi connectivity index (χ0v) is 11.9. The fourth-order valence-electron chi connectivity index (χ4n) is 2.52. The Morgan fingerprint density at radius 2 is 1.75 bits per heavy atom. The standard InChI is InChI=1S/C16H8FN3O4/c17-8-5-6-12-11(7-8)13(19-18-12)16(23)24-20-14(21)9-3-1-2-4-10(9)15(20)22/h1-7H,(H,18,19). The summed E-state index contributed by atoms with van der Waals surface area (Å²) in [5.41, 5.74) is 0.494. The van der Waals surface area contributed by atoms with Crippen LogP contribution in [0.4, 0.5) is 4.39 Å². The predicted molar refractivity (Wildman–Crippen MR) is 78.4 cm³/mol. The summed E-state index contributed by atoms with van der Waals surface area (Å²) in [7, 11) is 0. The van der Waals surface area contributed by atoms with Crippen LogP contribution in [-0.4, -0.2) is 33.0 Å². The van der Waals surface area contributed by atoms with Crippen LogP contribution in [-0.2, 0) is 4.84 Å². The molecule has 7 nitrogen and oxygen atoms in total. The molecule has 24 heavy (non-hydrogen) atoms. The Labute approximate surface area is 133 Å². The molecule has 8 heteroatoms. The van der Waals surface area contributed by atoms with Crippen molar-refractivity contribution < 1.29 is 23.6 Å². The first-order chi connectivity index (χ1) is 11.6. The molecule has 118 valence electrons. The second-order valence-electron chi connectivity index (χ2n) is 5.09. The summed E-state index contributed by atoms with van der Waals surface area (Å²) in [6.07, 6.45) is 0. The second kappa shape index (κ2) is 4.98. The average Bonchev–Trinajstić information content (AvgIpc) is 3.10. The lowest BCUT2D eigenvalue weighted by molar-refractivity contribution is -0.0587. The van der Waals surface area contributed by atoms with Gasteiger partial charge >= 0.3 is 5.97 Å². The number of aromatic amines is 1. The summed E-state index contributed by atoms with van der Waals surface area (Å²) in [4.78, 5) is 41.5.